The molecule has 1 N–H and O–H groups in total. The zero-order valence-corrected chi connectivity index (χ0v) is 15.1. The number of sulfone groups is 1. The van der Waals surface area contributed by atoms with Gasteiger partial charge in [0.15, 0.2) is 9.84 Å². The number of aromatic nitrogens is 1. The molecule has 1 aromatic rings. The van der Waals surface area contributed by atoms with Crippen LogP contribution in [0.25, 0.3) is 0 Å². The van der Waals surface area contributed by atoms with E-state index in [9.17, 15) is 8.42 Å². The van der Waals surface area contributed by atoms with Gasteiger partial charge >= 0.3 is 0 Å². The van der Waals surface area contributed by atoms with Crippen LogP contribution in [0.4, 0.5) is 5.82 Å². The molecule has 7 heteroatoms. The Morgan fingerprint density at radius 2 is 1.91 bits per heavy atom. The number of nitrogens with one attached hydrogen (secondary N) is 1. The lowest BCUT2D eigenvalue weighted by molar-refractivity contribution is 0.126. The van der Waals surface area contributed by atoms with Gasteiger partial charge in [0.25, 0.3) is 0 Å². The van der Waals surface area contributed by atoms with Crippen molar-refractivity contribution in [3.05, 3.63) is 18.3 Å². The molecule has 1 unspecified atom stereocenters. The fraction of sp³-hybridized carbons (Fsp3) is 0.688. The van der Waals surface area contributed by atoms with Crippen molar-refractivity contribution in [3.63, 3.8) is 0 Å². The van der Waals surface area contributed by atoms with Crippen molar-refractivity contribution < 1.29 is 8.42 Å². The Hall–Kier alpha value is -1.18. The first-order valence-electron chi connectivity index (χ1n) is 8.23. The Kier molecular flexibility index (Phi) is 6.38. The molecule has 1 saturated heterocycles. The third-order valence-electron chi connectivity index (χ3n) is 4.27. The minimum atomic E-state index is -3.26. The lowest BCUT2D eigenvalue weighted by atomic mass is 10.1. The minimum absolute atomic E-state index is 0.267. The van der Waals surface area contributed by atoms with E-state index in [1.54, 1.807) is 18.3 Å². The molecule has 0 saturated carbocycles. The number of hydrogen-bond donors (Lipinski definition) is 1. The molecule has 1 aliphatic heterocycles. The molecular formula is C16H28N4O2S. The molecule has 0 bridgehead atoms. The van der Waals surface area contributed by atoms with Gasteiger partial charge in [0.1, 0.15) is 10.7 Å². The Balaban J connectivity index is 1.85. The van der Waals surface area contributed by atoms with Crippen molar-refractivity contribution >= 4 is 15.7 Å². The first-order chi connectivity index (χ1) is 10.9. The van der Waals surface area contributed by atoms with Crippen LogP contribution in [0.15, 0.2) is 23.2 Å². The molecule has 1 aromatic heterocycles. The van der Waals surface area contributed by atoms with Crippen molar-refractivity contribution in [2.75, 3.05) is 57.4 Å². The van der Waals surface area contributed by atoms with E-state index >= 15 is 0 Å². The second-order valence-corrected chi connectivity index (χ2v) is 8.33. The molecule has 0 radical (unpaired) electrons. The molecule has 23 heavy (non-hydrogen) atoms. The summed E-state index contributed by atoms with van der Waals surface area (Å²) in [6.07, 6.45) is 2.83. The average Bonchev–Trinajstić information content (AvgIpc) is 2.53. The van der Waals surface area contributed by atoms with Gasteiger partial charge in [-0.25, -0.2) is 13.4 Å². The molecule has 130 valence electrons. The molecule has 1 aliphatic rings. The van der Waals surface area contributed by atoms with E-state index in [2.05, 4.69) is 33.9 Å². The molecular weight excluding hydrogens is 312 g/mol. The molecule has 0 aliphatic carbocycles. The van der Waals surface area contributed by atoms with E-state index < -0.39 is 9.84 Å². The standard InChI is InChI=1S/C16H28N4O2S/c1-4-19-8-10-20(11-9-19)13-14(2)12-18-16-15(23(3,21)22)6-5-7-17-16/h5-7,14H,4,8-13H2,1-3H3,(H,17,18). The second kappa shape index (κ2) is 8.08. The third kappa shape index (κ3) is 5.44. The lowest BCUT2D eigenvalue weighted by Gasteiger charge is -2.35. The van der Waals surface area contributed by atoms with E-state index in [1.165, 1.54) is 6.26 Å². The van der Waals surface area contributed by atoms with Crippen LogP contribution >= 0.6 is 0 Å². The highest BCUT2D eigenvalue weighted by Crippen LogP contribution is 2.18. The van der Waals surface area contributed by atoms with E-state index in [1.807, 2.05) is 0 Å². The fourth-order valence-electron chi connectivity index (χ4n) is 2.89. The Labute approximate surface area is 139 Å². The maximum atomic E-state index is 11.8. The summed E-state index contributed by atoms with van der Waals surface area (Å²) in [4.78, 5) is 9.39. The summed E-state index contributed by atoms with van der Waals surface area (Å²) >= 11 is 0. The van der Waals surface area contributed by atoms with Gasteiger partial charge in [-0.05, 0) is 24.6 Å². The maximum Gasteiger partial charge on any atom is 0.179 e. The number of likely N-dealkylation sites (N-methyl/N-ethyl adjacent to an activating group) is 1. The van der Waals surface area contributed by atoms with Crippen LogP contribution in [0.2, 0.25) is 0 Å². The van der Waals surface area contributed by atoms with Crippen molar-refractivity contribution in [1.29, 1.82) is 0 Å². The number of rotatable bonds is 7. The van der Waals surface area contributed by atoms with Crippen LogP contribution < -0.4 is 5.32 Å². The average molecular weight is 340 g/mol. The molecule has 2 rings (SSSR count). The highest BCUT2D eigenvalue weighted by molar-refractivity contribution is 7.90. The summed E-state index contributed by atoms with van der Waals surface area (Å²) in [6.45, 7) is 11.7. The predicted octanol–water partition coefficient (Wildman–Crippen LogP) is 1.17. The largest absolute Gasteiger partial charge is 0.369 e. The molecule has 0 aromatic carbocycles. The number of nitrogens with zero attached hydrogens (tertiary/aromatic N) is 3. The van der Waals surface area contributed by atoms with Gasteiger partial charge in [-0.2, -0.15) is 0 Å². The SMILES string of the molecule is CCN1CCN(CC(C)CNc2ncccc2S(C)(=O)=O)CC1. The number of anilines is 1. The van der Waals surface area contributed by atoms with Crippen molar-refractivity contribution in [3.8, 4) is 0 Å². The summed E-state index contributed by atoms with van der Waals surface area (Å²) in [5.41, 5.74) is 0. The van der Waals surface area contributed by atoms with Crippen LogP contribution in [-0.2, 0) is 9.84 Å². The summed E-state index contributed by atoms with van der Waals surface area (Å²) in [6, 6.07) is 3.25. The van der Waals surface area contributed by atoms with E-state index in [-0.39, 0.29) is 4.90 Å². The summed E-state index contributed by atoms with van der Waals surface area (Å²) in [5, 5.41) is 3.20. The second-order valence-electron chi connectivity index (χ2n) is 6.34. The molecule has 0 spiro atoms. The molecule has 2 heterocycles. The Morgan fingerprint density at radius 1 is 1.26 bits per heavy atom. The van der Waals surface area contributed by atoms with E-state index in [4.69, 9.17) is 0 Å². The van der Waals surface area contributed by atoms with Crippen LogP contribution in [0.5, 0.6) is 0 Å². The molecule has 1 fully saturated rings. The minimum Gasteiger partial charge on any atom is -0.369 e. The first kappa shape index (κ1) is 18.2. The van der Waals surface area contributed by atoms with Crippen molar-refractivity contribution in [2.24, 2.45) is 5.92 Å². The van der Waals surface area contributed by atoms with Gasteiger partial charge in [-0.1, -0.05) is 13.8 Å². The zero-order valence-electron chi connectivity index (χ0n) is 14.3. The summed E-state index contributed by atoms with van der Waals surface area (Å²) in [5.74, 6) is 0.884. The Morgan fingerprint density at radius 3 is 2.52 bits per heavy atom. The monoisotopic (exact) mass is 340 g/mol. The van der Waals surface area contributed by atoms with Gasteiger partial charge in [0.2, 0.25) is 0 Å². The first-order valence-corrected chi connectivity index (χ1v) is 10.1. The van der Waals surface area contributed by atoms with Crippen LogP contribution in [0.3, 0.4) is 0 Å². The predicted molar refractivity (Wildman–Crippen MR) is 93.6 cm³/mol. The maximum absolute atomic E-state index is 11.8. The third-order valence-corrected chi connectivity index (χ3v) is 5.40. The topological polar surface area (TPSA) is 65.5 Å². The highest BCUT2D eigenvalue weighted by atomic mass is 32.2. The number of pyridine rings is 1. The molecule has 1 atom stereocenters. The smallest absolute Gasteiger partial charge is 0.179 e. The number of piperazine rings is 1. The zero-order chi connectivity index (χ0) is 16.9. The van der Waals surface area contributed by atoms with Crippen LogP contribution in [0, 0.1) is 5.92 Å². The Bertz CT molecular complexity index is 598. The molecule has 6 nitrogen and oxygen atoms in total. The van der Waals surface area contributed by atoms with Gasteiger partial charge in [-0.15, -0.1) is 0 Å². The van der Waals surface area contributed by atoms with Crippen molar-refractivity contribution in [1.82, 2.24) is 14.8 Å². The highest BCUT2D eigenvalue weighted by Gasteiger charge is 2.18. The molecule has 0 amide bonds. The number of hydrogen-bond acceptors (Lipinski definition) is 6. The van der Waals surface area contributed by atoms with E-state index in [0.717, 1.165) is 39.3 Å². The summed E-state index contributed by atoms with van der Waals surface area (Å²) < 4.78 is 23.6. The quantitative estimate of drug-likeness (QED) is 0.804. The van der Waals surface area contributed by atoms with E-state index in [0.29, 0.717) is 18.3 Å². The van der Waals surface area contributed by atoms with Gasteiger partial charge in [0.05, 0.1) is 0 Å². The van der Waals surface area contributed by atoms with Crippen LogP contribution in [0.1, 0.15) is 13.8 Å². The van der Waals surface area contributed by atoms with Gasteiger partial charge in [0, 0.05) is 51.7 Å². The fourth-order valence-corrected chi connectivity index (χ4v) is 3.69. The van der Waals surface area contributed by atoms with Crippen molar-refractivity contribution in [2.45, 2.75) is 18.7 Å². The van der Waals surface area contributed by atoms with Gasteiger partial charge in [-0.3, -0.25) is 0 Å². The summed E-state index contributed by atoms with van der Waals surface area (Å²) in [7, 11) is -3.26. The lowest BCUT2D eigenvalue weighted by Crippen LogP contribution is -2.47. The normalized spacial score (nSPS) is 18.7. The van der Waals surface area contributed by atoms with Crippen LogP contribution in [-0.4, -0.2) is 75.3 Å². The van der Waals surface area contributed by atoms with Gasteiger partial charge < -0.3 is 15.1 Å².